The Morgan fingerprint density at radius 1 is 1.43 bits per heavy atom. The number of aryl methyl sites for hydroxylation is 1. The molecule has 0 saturated carbocycles. The number of aliphatic hydroxyl groups is 2. The van der Waals surface area contributed by atoms with E-state index in [-0.39, 0.29) is 5.33 Å². The zero-order chi connectivity index (χ0) is 10.7. The van der Waals surface area contributed by atoms with Gasteiger partial charge < -0.3 is 10.2 Å². The van der Waals surface area contributed by atoms with Crippen molar-refractivity contribution >= 4 is 15.9 Å². The topological polar surface area (TPSA) is 40.5 Å². The Kier molecular flexibility index (Phi) is 4.04. The summed E-state index contributed by atoms with van der Waals surface area (Å²) in [4.78, 5) is 0. The Morgan fingerprint density at radius 2 is 2.07 bits per heavy atom. The molecule has 0 heterocycles. The zero-order valence-corrected chi connectivity index (χ0v) is 9.33. The third-order valence-corrected chi connectivity index (χ3v) is 2.75. The van der Waals surface area contributed by atoms with Crippen molar-refractivity contribution in [3.8, 4) is 0 Å². The fraction of sp³-hybridized carbons (Fsp3) is 0.400. The molecule has 78 valence electrons. The minimum atomic E-state index is -1.05. The lowest BCUT2D eigenvalue weighted by Crippen LogP contribution is -2.20. The molecule has 2 nitrogen and oxygen atoms in total. The number of halogens is 2. The minimum Gasteiger partial charge on any atom is -0.389 e. The van der Waals surface area contributed by atoms with Crippen LogP contribution in [0.25, 0.3) is 0 Å². The number of benzene rings is 1. The molecule has 2 unspecified atom stereocenters. The summed E-state index contributed by atoms with van der Waals surface area (Å²) in [6.07, 6.45) is -1.97. The number of rotatable bonds is 3. The second kappa shape index (κ2) is 4.87. The lowest BCUT2D eigenvalue weighted by Gasteiger charge is -2.17. The molecule has 0 radical (unpaired) electrons. The quantitative estimate of drug-likeness (QED) is 0.818. The van der Waals surface area contributed by atoms with E-state index in [4.69, 9.17) is 0 Å². The SMILES string of the molecule is Cc1ccc(F)cc1C(O)C(O)CBr. The Labute approximate surface area is 90.5 Å². The molecule has 0 spiro atoms. The summed E-state index contributed by atoms with van der Waals surface area (Å²) in [5, 5.41) is 19.3. The van der Waals surface area contributed by atoms with Crippen LogP contribution in [0, 0.1) is 12.7 Å². The van der Waals surface area contributed by atoms with Crippen LogP contribution in [0.1, 0.15) is 17.2 Å². The van der Waals surface area contributed by atoms with Gasteiger partial charge in [-0.05, 0) is 30.2 Å². The van der Waals surface area contributed by atoms with E-state index in [1.54, 1.807) is 13.0 Å². The molecule has 1 rings (SSSR count). The first-order valence-corrected chi connectivity index (χ1v) is 5.36. The molecule has 1 aromatic rings. The van der Waals surface area contributed by atoms with Gasteiger partial charge in [-0.3, -0.25) is 0 Å². The highest BCUT2D eigenvalue weighted by Crippen LogP contribution is 2.22. The number of aliphatic hydroxyl groups excluding tert-OH is 2. The third kappa shape index (κ3) is 2.53. The van der Waals surface area contributed by atoms with Crippen LogP contribution in [-0.4, -0.2) is 21.6 Å². The first-order valence-electron chi connectivity index (χ1n) is 4.24. The van der Waals surface area contributed by atoms with Crippen molar-refractivity contribution in [1.29, 1.82) is 0 Å². The highest BCUT2D eigenvalue weighted by Gasteiger charge is 2.19. The maximum absolute atomic E-state index is 12.9. The van der Waals surface area contributed by atoms with Crippen molar-refractivity contribution in [2.24, 2.45) is 0 Å². The van der Waals surface area contributed by atoms with Crippen LogP contribution in [0.15, 0.2) is 18.2 Å². The maximum atomic E-state index is 12.9. The largest absolute Gasteiger partial charge is 0.389 e. The highest BCUT2D eigenvalue weighted by atomic mass is 79.9. The molecule has 0 aliphatic carbocycles. The second-order valence-corrected chi connectivity index (χ2v) is 3.81. The summed E-state index contributed by atoms with van der Waals surface area (Å²) in [7, 11) is 0. The van der Waals surface area contributed by atoms with Gasteiger partial charge in [-0.25, -0.2) is 4.39 Å². The van der Waals surface area contributed by atoms with Crippen LogP contribution in [0.4, 0.5) is 4.39 Å². The maximum Gasteiger partial charge on any atom is 0.123 e. The monoisotopic (exact) mass is 262 g/mol. The van der Waals surface area contributed by atoms with Crippen molar-refractivity contribution in [2.45, 2.75) is 19.1 Å². The van der Waals surface area contributed by atoms with Gasteiger partial charge >= 0.3 is 0 Å². The third-order valence-electron chi connectivity index (χ3n) is 2.08. The fourth-order valence-electron chi connectivity index (χ4n) is 1.22. The second-order valence-electron chi connectivity index (χ2n) is 3.17. The van der Waals surface area contributed by atoms with E-state index in [1.165, 1.54) is 12.1 Å². The van der Waals surface area contributed by atoms with Crippen LogP contribution in [0.5, 0.6) is 0 Å². The van der Waals surface area contributed by atoms with Crippen molar-refractivity contribution in [3.05, 3.63) is 35.1 Å². The van der Waals surface area contributed by atoms with E-state index in [0.29, 0.717) is 5.56 Å². The van der Waals surface area contributed by atoms with Crippen LogP contribution in [0.2, 0.25) is 0 Å². The van der Waals surface area contributed by atoms with Crippen LogP contribution >= 0.6 is 15.9 Å². The van der Waals surface area contributed by atoms with E-state index in [1.807, 2.05) is 0 Å². The smallest absolute Gasteiger partial charge is 0.123 e. The molecule has 0 fully saturated rings. The molecule has 4 heteroatoms. The van der Waals surface area contributed by atoms with Gasteiger partial charge in [-0.2, -0.15) is 0 Å². The summed E-state index contributed by atoms with van der Waals surface area (Å²) >= 11 is 3.05. The molecule has 14 heavy (non-hydrogen) atoms. The molecule has 2 atom stereocenters. The standard InChI is InChI=1S/C10H12BrFO2/c1-6-2-3-7(12)4-8(6)10(14)9(13)5-11/h2-4,9-10,13-14H,5H2,1H3. The first kappa shape index (κ1) is 11.6. The van der Waals surface area contributed by atoms with E-state index in [0.717, 1.165) is 5.56 Å². The Morgan fingerprint density at radius 3 is 2.64 bits per heavy atom. The van der Waals surface area contributed by atoms with Crippen LogP contribution in [-0.2, 0) is 0 Å². The molecule has 0 aliphatic rings. The summed E-state index contributed by atoms with van der Waals surface area (Å²) in [6.45, 7) is 1.76. The molecule has 0 aromatic heterocycles. The van der Waals surface area contributed by atoms with E-state index in [2.05, 4.69) is 15.9 Å². The Bertz CT molecular complexity index is 317. The van der Waals surface area contributed by atoms with Crippen LogP contribution < -0.4 is 0 Å². The average Bonchev–Trinajstić information content (AvgIpc) is 2.19. The first-order chi connectivity index (χ1) is 6.56. The average molecular weight is 263 g/mol. The van der Waals surface area contributed by atoms with Gasteiger partial charge in [0.1, 0.15) is 11.9 Å². The van der Waals surface area contributed by atoms with Gasteiger partial charge in [0.25, 0.3) is 0 Å². The molecule has 0 amide bonds. The van der Waals surface area contributed by atoms with E-state index < -0.39 is 18.0 Å². The summed E-state index contributed by atoms with van der Waals surface area (Å²) < 4.78 is 12.9. The van der Waals surface area contributed by atoms with Crippen LogP contribution in [0.3, 0.4) is 0 Å². The molecule has 2 N–H and O–H groups in total. The van der Waals surface area contributed by atoms with Gasteiger partial charge in [0.15, 0.2) is 0 Å². The molecular weight excluding hydrogens is 251 g/mol. The molecule has 0 bridgehead atoms. The summed E-state index contributed by atoms with van der Waals surface area (Å²) in [5.74, 6) is -0.411. The lowest BCUT2D eigenvalue weighted by atomic mass is 10.0. The van der Waals surface area contributed by atoms with Gasteiger partial charge in [-0.15, -0.1) is 0 Å². The van der Waals surface area contributed by atoms with Crippen molar-refractivity contribution in [3.63, 3.8) is 0 Å². The van der Waals surface area contributed by atoms with Gasteiger partial charge in [0.2, 0.25) is 0 Å². The lowest BCUT2D eigenvalue weighted by molar-refractivity contribution is 0.0337. The predicted molar refractivity (Wildman–Crippen MR) is 55.9 cm³/mol. The molecule has 0 aliphatic heterocycles. The number of hydrogen-bond donors (Lipinski definition) is 2. The predicted octanol–water partition coefficient (Wildman–Crippen LogP) is 1.92. The summed E-state index contributed by atoms with van der Waals surface area (Å²) in [5.41, 5.74) is 1.19. The molecule has 1 aromatic carbocycles. The van der Waals surface area contributed by atoms with Crippen molar-refractivity contribution < 1.29 is 14.6 Å². The van der Waals surface area contributed by atoms with Gasteiger partial charge in [0, 0.05) is 5.33 Å². The normalized spacial score (nSPS) is 15.2. The van der Waals surface area contributed by atoms with E-state index >= 15 is 0 Å². The highest BCUT2D eigenvalue weighted by molar-refractivity contribution is 9.09. The Balaban J connectivity index is 2.99. The van der Waals surface area contributed by atoms with E-state index in [9.17, 15) is 14.6 Å². The van der Waals surface area contributed by atoms with Crippen molar-refractivity contribution in [1.82, 2.24) is 0 Å². The van der Waals surface area contributed by atoms with Crippen molar-refractivity contribution in [2.75, 3.05) is 5.33 Å². The van der Waals surface area contributed by atoms with Gasteiger partial charge in [-0.1, -0.05) is 22.0 Å². The fourth-order valence-corrected chi connectivity index (χ4v) is 1.58. The Hall–Kier alpha value is -0.450. The molecule has 0 saturated heterocycles. The molecular formula is C10H12BrFO2. The zero-order valence-electron chi connectivity index (χ0n) is 7.74. The number of hydrogen-bond acceptors (Lipinski definition) is 2. The minimum absolute atomic E-state index is 0.254. The summed E-state index contributed by atoms with van der Waals surface area (Å²) in [6, 6.07) is 4.15. The number of alkyl halides is 1. The van der Waals surface area contributed by atoms with Gasteiger partial charge in [0.05, 0.1) is 6.10 Å².